The Morgan fingerprint density at radius 3 is 2.27 bits per heavy atom. The average molecular weight is 214 g/mol. The molecular weight excluding hydrogens is 184 g/mol. The Labute approximate surface area is 96.4 Å². The minimum Gasteiger partial charge on any atom is -0.315 e. The first-order valence-corrected chi connectivity index (χ1v) is 6.52. The third kappa shape index (κ3) is 7.80. The highest BCUT2D eigenvalue weighted by molar-refractivity contribution is 4.71. The number of likely N-dealkylation sites (N-methyl/N-ethyl adjacent to an activating group) is 2. The van der Waals surface area contributed by atoms with Gasteiger partial charge in [0.2, 0.25) is 0 Å². The number of nitrogens with zero attached hydrogens (tertiary/aromatic N) is 1. The summed E-state index contributed by atoms with van der Waals surface area (Å²) >= 11 is 0. The van der Waals surface area contributed by atoms with Crippen LogP contribution in [0.2, 0.25) is 0 Å². The van der Waals surface area contributed by atoms with Crippen molar-refractivity contribution in [3.63, 3.8) is 0 Å². The maximum absolute atomic E-state index is 3.46. The van der Waals surface area contributed by atoms with Gasteiger partial charge in [-0.05, 0) is 38.9 Å². The topological polar surface area (TPSA) is 15.3 Å². The van der Waals surface area contributed by atoms with Crippen molar-refractivity contribution in [2.45, 2.75) is 53.0 Å². The van der Waals surface area contributed by atoms with Crippen molar-refractivity contribution >= 4 is 0 Å². The van der Waals surface area contributed by atoms with Crippen molar-refractivity contribution in [3.05, 3.63) is 0 Å². The summed E-state index contributed by atoms with van der Waals surface area (Å²) in [6.07, 6.45) is 3.90. The van der Waals surface area contributed by atoms with E-state index in [-0.39, 0.29) is 0 Å². The van der Waals surface area contributed by atoms with Crippen LogP contribution < -0.4 is 5.32 Å². The summed E-state index contributed by atoms with van der Waals surface area (Å²) in [7, 11) is 2.26. The van der Waals surface area contributed by atoms with Gasteiger partial charge in [-0.2, -0.15) is 0 Å². The summed E-state index contributed by atoms with van der Waals surface area (Å²) < 4.78 is 0. The monoisotopic (exact) mass is 214 g/mol. The van der Waals surface area contributed by atoms with E-state index in [1.54, 1.807) is 0 Å². The molecule has 0 aliphatic heterocycles. The van der Waals surface area contributed by atoms with Crippen LogP contribution in [0.3, 0.4) is 0 Å². The van der Waals surface area contributed by atoms with E-state index in [0.29, 0.717) is 6.04 Å². The van der Waals surface area contributed by atoms with Crippen molar-refractivity contribution in [2.75, 3.05) is 26.7 Å². The van der Waals surface area contributed by atoms with Crippen LogP contribution >= 0.6 is 0 Å². The zero-order valence-corrected chi connectivity index (χ0v) is 11.3. The zero-order chi connectivity index (χ0) is 11.7. The van der Waals surface area contributed by atoms with E-state index in [1.165, 1.54) is 25.8 Å². The number of nitrogens with one attached hydrogen (secondary N) is 1. The third-order valence-corrected chi connectivity index (χ3v) is 2.93. The summed E-state index contributed by atoms with van der Waals surface area (Å²) in [6.45, 7) is 12.5. The molecule has 0 aromatic carbocycles. The summed E-state index contributed by atoms with van der Waals surface area (Å²) in [5, 5.41) is 3.46. The first-order chi connectivity index (χ1) is 7.11. The van der Waals surface area contributed by atoms with E-state index in [1.807, 2.05) is 0 Å². The summed E-state index contributed by atoms with van der Waals surface area (Å²) in [4.78, 5) is 2.52. The Bertz CT molecular complexity index is 134. The van der Waals surface area contributed by atoms with E-state index in [4.69, 9.17) is 0 Å². The molecule has 1 N–H and O–H groups in total. The molecule has 2 heteroatoms. The highest BCUT2D eigenvalue weighted by Crippen LogP contribution is 2.07. The Kier molecular flexibility index (Phi) is 9.12. The maximum atomic E-state index is 3.46. The lowest BCUT2D eigenvalue weighted by Gasteiger charge is -2.28. The van der Waals surface area contributed by atoms with Crippen LogP contribution in [-0.2, 0) is 0 Å². The smallest absolute Gasteiger partial charge is 0.0217 e. The van der Waals surface area contributed by atoms with Crippen LogP contribution in [0, 0.1) is 5.92 Å². The molecule has 1 atom stereocenters. The van der Waals surface area contributed by atoms with E-state index >= 15 is 0 Å². The predicted molar refractivity (Wildman–Crippen MR) is 69.3 cm³/mol. The first-order valence-electron chi connectivity index (χ1n) is 6.52. The summed E-state index contributed by atoms with van der Waals surface area (Å²) in [5.41, 5.74) is 0. The van der Waals surface area contributed by atoms with Crippen molar-refractivity contribution in [1.82, 2.24) is 10.2 Å². The Balaban J connectivity index is 3.86. The zero-order valence-electron chi connectivity index (χ0n) is 11.3. The molecule has 92 valence electrons. The molecule has 0 aliphatic rings. The number of hydrogen-bond acceptors (Lipinski definition) is 2. The van der Waals surface area contributed by atoms with Gasteiger partial charge in [-0.25, -0.2) is 0 Å². The molecule has 0 aromatic heterocycles. The van der Waals surface area contributed by atoms with Gasteiger partial charge in [0.15, 0.2) is 0 Å². The lowest BCUT2D eigenvalue weighted by molar-refractivity contribution is 0.212. The van der Waals surface area contributed by atoms with E-state index in [2.05, 4.69) is 45.0 Å². The SMILES string of the molecule is CCCC(CNCC)N(C)CCC(C)C. The van der Waals surface area contributed by atoms with Crippen LogP contribution in [0.25, 0.3) is 0 Å². The Hall–Kier alpha value is -0.0800. The lowest BCUT2D eigenvalue weighted by Crippen LogP contribution is -2.40. The van der Waals surface area contributed by atoms with E-state index < -0.39 is 0 Å². The minimum atomic E-state index is 0.716. The molecule has 0 aromatic rings. The molecule has 0 amide bonds. The molecule has 15 heavy (non-hydrogen) atoms. The molecule has 0 bridgehead atoms. The van der Waals surface area contributed by atoms with Gasteiger partial charge in [0.05, 0.1) is 0 Å². The normalized spacial score (nSPS) is 13.8. The highest BCUT2D eigenvalue weighted by atomic mass is 15.1. The molecule has 0 saturated heterocycles. The molecule has 0 saturated carbocycles. The van der Waals surface area contributed by atoms with Gasteiger partial charge in [-0.3, -0.25) is 0 Å². The lowest BCUT2D eigenvalue weighted by atomic mass is 10.1. The molecule has 0 rings (SSSR count). The fourth-order valence-electron chi connectivity index (χ4n) is 1.77. The summed E-state index contributed by atoms with van der Waals surface area (Å²) in [6, 6.07) is 0.716. The molecule has 0 heterocycles. The maximum Gasteiger partial charge on any atom is 0.0217 e. The van der Waals surface area contributed by atoms with Crippen LogP contribution in [0.4, 0.5) is 0 Å². The van der Waals surface area contributed by atoms with Crippen LogP contribution in [0.1, 0.15) is 47.0 Å². The molecule has 2 nitrogen and oxygen atoms in total. The van der Waals surface area contributed by atoms with Crippen molar-refractivity contribution in [2.24, 2.45) is 5.92 Å². The highest BCUT2D eigenvalue weighted by Gasteiger charge is 2.12. The minimum absolute atomic E-state index is 0.716. The van der Waals surface area contributed by atoms with E-state index in [0.717, 1.165) is 19.0 Å². The van der Waals surface area contributed by atoms with Gasteiger partial charge in [0, 0.05) is 12.6 Å². The molecule has 0 fully saturated rings. The fourth-order valence-corrected chi connectivity index (χ4v) is 1.77. The van der Waals surface area contributed by atoms with Gasteiger partial charge in [-0.15, -0.1) is 0 Å². The van der Waals surface area contributed by atoms with Gasteiger partial charge in [0.1, 0.15) is 0 Å². The largest absolute Gasteiger partial charge is 0.315 e. The van der Waals surface area contributed by atoms with E-state index in [9.17, 15) is 0 Å². The number of rotatable bonds is 9. The standard InChI is InChI=1S/C13H30N2/c1-6-8-13(11-14-7-2)15(5)10-9-12(3)4/h12-14H,6-11H2,1-5H3. The molecule has 0 spiro atoms. The van der Waals surface area contributed by atoms with Crippen LogP contribution in [-0.4, -0.2) is 37.6 Å². The van der Waals surface area contributed by atoms with Gasteiger partial charge in [-0.1, -0.05) is 34.1 Å². The van der Waals surface area contributed by atoms with Gasteiger partial charge in [0.25, 0.3) is 0 Å². The van der Waals surface area contributed by atoms with Crippen molar-refractivity contribution in [1.29, 1.82) is 0 Å². The second-order valence-electron chi connectivity index (χ2n) is 4.91. The molecule has 0 radical (unpaired) electrons. The first kappa shape index (κ1) is 14.9. The second kappa shape index (κ2) is 9.17. The van der Waals surface area contributed by atoms with Crippen LogP contribution in [0.5, 0.6) is 0 Å². The summed E-state index contributed by atoms with van der Waals surface area (Å²) in [5.74, 6) is 0.814. The molecule has 0 aliphatic carbocycles. The fraction of sp³-hybridized carbons (Fsp3) is 1.00. The molecular formula is C13H30N2. The van der Waals surface area contributed by atoms with Crippen molar-refractivity contribution in [3.8, 4) is 0 Å². The van der Waals surface area contributed by atoms with Gasteiger partial charge < -0.3 is 10.2 Å². The average Bonchev–Trinajstić information content (AvgIpc) is 2.20. The Morgan fingerprint density at radius 1 is 1.13 bits per heavy atom. The van der Waals surface area contributed by atoms with Crippen LogP contribution in [0.15, 0.2) is 0 Å². The predicted octanol–water partition coefficient (Wildman–Crippen LogP) is 2.74. The Morgan fingerprint density at radius 2 is 1.80 bits per heavy atom. The molecule has 1 unspecified atom stereocenters. The number of hydrogen-bond donors (Lipinski definition) is 1. The van der Waals surface area contributed by atoms with Gasteiger partial charge >= 0.3 is 0 Å². The van der Waals surface area contributed by atoms with Crippen molar-refractivity contribution < 1.29 is 0 Å². The second-order valence-corrected chi connectivity index (χ2v) is 4.91. The quantitative estimate of drug-likeness (QED) is 0.635. The third-order valence-electron chi connectivity index (χ3n) is 2.93.